The molecule has 1 aliphatic rings. The molecular formula is C15H25Cl2N3. The van der Waals surface area contributed by atoms with E-state index in [1.807, 2.05) is 0 Å². The standard InChI is InChI=1S/C15H25Cl2N3/c1-3-13-15(17)14(20(4-2)18-13)11-19-9-7-5-6-8-12(19)10-16/h12H,3-11H2,1-2H3. The van der Waals surface area contributed by atoms with Crippen LogP contribution in [0.2, 0.25) is 5.02 Å². The smallest absolute Gasteiger partial charge is 0.0863 e. The van der Waals surface area contributed by atoms with Crippen LogP contribution in [0, 0.1) is 0 Å². The first-order chi connectivity index (χ1) is 9.71. The van der Waals surface area contributed by atoms with E-state index in [4.69, 9.17) is 23.2 Å². The van der Waals surface area contributed by atoms with Crippen LogP contribution in [0.15, 0.2) is 0 Å². The minimum atomic E-state index is 0.473. The van der Waals surface area contributed by atoms with Crippen molar-refractivity contribution in [3.63, 3.8) is 0 Å². The lowest BCUT2D eigenvalue weighted by Crippen LogP contribution is -2.36. The Labute approximate surface area is 132 Å². The molecule has 0 spiro atoms. The Morgan fingerprint density at radius 2 is 2.05 bits per heavy atom. The fourth-order valence-corrected chi connectivity index (χ4v) is 3.66. The summed E-state index contributed by atoms with van der Waals surface area (Å²) >= 11 is 12.7. The minimum absolute atomic E-state index is 0.473. The molecule has 0 aliphatic carbocycles. The minimum Gasteiger partial charge on any atom is -0.293 e. The van der Waals surface area contributed by atoms with Crippen LogP contribution >= 0.6 is 23.2 Å². The van der Waals surface area contributed by atoms with E-state index in [0.717, 1.165) is 42.5 Å². The molecule has 5 heteroatoms. The number of nitrogens with zero attached hydrogens (tertiary/aromatic N) is 3. The van der Waals surface area contributed by atoms with E-state index in [1.54, 1.807) is 0 Å². The molecule has 114 valence electrons. The first kappa shape index (κ1) is 16.1. The highest BCUT2D eigenvalue weighted by molar-refractivity contribution is 6.31. The second kappa shape index (κ2) is 7.67. The second-order valence-corrected chi connectivity index (χ2v) is 6.19. The van der Waals surface area contributed by atoms with Crippen LogP contribution in [-0.2, 0) is 19.5 Å². The molecule has 0 radical (unpaired) electrons. The first-order valence-corrected chi connectivity index (χ1v) is 8.66. The fourth-order valence-electron chi connectivity index (χ4n) is 2.98. The van der Waals surface area contributed by atoms with Crippen LogP contribution < -0.4 is 0 Å². The zero-order chi connectivity index (χ0) is 14.5. The second-order valence-electron chi connectivity index (χ2n) is 5.50. The number of rotatable bonds is 5. The number of hydrogen-bond acceptors (Lipinski definition) is 2. The van der Waals surface area contributed by atoms with Gasteiger partial charge in [0.2, 0.25) is 0 Å². The Kier molecular flexibility index (Phi) is 6.19. The van der Waals surface area contributed by atoms with Crippen molar-refractivity contribution in [3.05, 3.63) is 16.4 Å². The fraction of sp³-hybridized carbons (Fsp3) is 0.800. The molecule has 2 rings (SSSR count). The topological polar surface area (TPSA) is 21.1 Å². The Morgan fingerprint density at radius 3 is 2.70 bits per heavy atom. The van der Waals surface area contributed by atoms with Gasteiger partial charge >= 0.3 is 0 Å². The van der Waals surface area contributed by atoms with Gasteiger partial charge in [-0.1, -0.05) is 31.4 Å². The van der Waals surface area contributed by atoms with Gasteiger partial charge in [0.25, 0.3) is 0 Å². The molecule has 1 saturated heterocycles. The summed E-state index contributed by atoms with van der Waals surface area (Å²) in [6, 6.07) is 0.473. The lowest BCUT2D eigenvalue weighted by molar-refractivity contribution is 0.201. The molecule has 0 amide bonds. The summed E-state index contributed by atoms with van der Waals surface area (Å²) in [5, 5.41) is 5.47. The maximum absolute atomic E-state index is 6.52. The Bertz CT molecular complexity index is 431. The molecular weight excluding hydrogens is 293 g/mol. The molecule has 0 saturated carbocycles. The lowest BCUT2D eigenvalue weighted by atomic mass is 10.1. The van der Waals surface area contributed by atoms with Gasteiger partial charge < -0.3 is 0 Å². The molecule has 0 N–H and O–H groups in total. The van der Waals surface area contributed by atoms with Gasteiger partial charge in [-0.25, -0.2) is 0 Å². The summed E-state index contributed by atoms with van der Waals surface area (Å²) in [7, 11) is 0. The van der Waals surface area contributed by atoms with E-state index in [-0.39, 0.29) is 0 Å². The largest absolute Gasteiger partial charge is 0.293 e. The summed E-state index contributed by atoms with van der Waals surface area (Å²) in [4.78, 5) is 2.49. The van der Waals surface area contributed by atoms with Crippen LogP contribution in [-0.4, -0.2) is 33.1 Å². The van der Waals surface area contributed by atoms with E-state index in [9.17, 15) is 0 Å². The highest BCUT2D eigenvalue weighted by Crippen LogP contribution is 2.26. The maximum Gasteiger partial charge on any atom is 0.0863 e. The van der Waals surface area contributed by atoms with Crippen molar-refractivity contribution in [2.75, 3.05) is 12.4 Å². The molecule has 0 aromatic carbocycles. The molecule has 2 heterocycles. The molecule has 1 aromatic rings. The van der Waals surface area contributed by atoms with Crippen molar-refractivity contribution >= 4 is 23.2 Å². The van der Waals surface area contributed by atoms with E-state index in [0.29, 0.717) is 11.9 Å². The normalized spacial score (nSPS) is 21.1. The SMILES string of the molecule is CCc1nn(CC)c(CN2CCCCCC2CCl)c1Cl. The van der Waals surface area contributed by atoms with Gasteiger partial charge in [-0.3, -0.25) is 9.58 Å². The third-order valence-electron chi connectivity index (χ3n) is 4.22. The molecule has 1 atom stereocenters. The lowest BCUT2D eigenvalue weighted by Gasteiger charge is -2.28. The monoisotopic (exact) mass is 317 g/mol. The number of aryl methyl sites for hydroxylation is 2. The first-order valence-electron chi connectivity index (χ1n) is 7.75. The van der Waals surface area contributed by atoms with Gasteiger partial charge in [-0.15, -0.1) is 11.6 Å². The van der Waals surface area contributed by atoms with E-state index in [2.05, 4.69) is 28.5 Å². The van der Waals surface area contributed by atoms with Crippen LogP contribution in [0.4, 0.5) is 0 Å². The van der Waals surface area contributed by atoms with Gasteiger partial charge in [0.05, 0.1) is 16.4 Å². The highest BCUT2D eigenvalue weighted by atomic mass is 35.5. The third kappa shape index (κ3) is 3.49. The number of aromatic nitrogens is 2. The number of likely N-dealkylation sites (tertiary alicyclic amines) is 1. The van der Waals surface area contributed by atoms with Crippen molar-refractivity contribution in [2.45, 2.75) is 65.1 Å². The van der Waals surface area contributed by atoms with Crippen LogP contribution in [0.3, 0.4) is 0 Å². The Hall–Kier alpha value is -0.250. The van der Waals surface area contributed by atoms with E-state index >= 15 is 0 Å². The number of halogens is 2. The molecule has 1 unspecified atom stereocenters. The summed E-state index contributed by atoms with van der Waals surface area (Å²) < 4.78 is 2.05. The van der Waals surface area contributed by atoms with Gasteiger partial charge in [0.15, 0.2) is 0 Å². The van der Waals surface area contributed by atoms with Crippen molar-refractivity contribution in [2.24, 2.45) is 0 Å². The van der Waals surface area contributed by atoms with Crippen LogP contribution in [0.25, 0.3) is 0 Å². The molecule has 1 fully saturated rings. The maximum atomic E-state index is 6.52. The average molecular weight is 318 g/mol. The summed E-state index contributed by atoms with van der Waals surface area (Å²) in [5.41, 5.74) is 2.17. The number of hydrogen-bond donors (Lipinski definition) is 0. The molecule has 20 heavy (non-hydrogen) atoms. The predicted molar refractivity (Wildman–Crippen MR) is 85.7 cm³/mol. The summed E-state index contributed by atoms with van der Waals surface area (Å²) in [5.74, 6) is 0.707. The molecule has 0 bridgehead atoms. The highest BCUT2D eigenvalue weighted by Gasteiger charge is 2.23. The van der Waals surface area contributed by atoms with Gasteiger partial charge in [0.1, 0.15) is 0 Å². The molecule has 1 aromatic heterocycles. The van der Waals surface area contributed by atoms with Crippen molar-refractivity contribution in [3.8, 4) is 0 Å². The predicted octanol–water partition coefficient (Wildman–Crippen LogP) is 4.10. The Morgan fingerprint density at radius 1 is 1.25 bits per heavy atom. The average Bonchev–Trinajstić information content (AvgIpc) is 2.64. The molecule has 1 aliphatic heterocycles. The molecule has 3 nitrogen and oxygen atoms in total. The summed E-state index contributed by atoms with van der Waals surface area (Å²) in [6.07, 6.45) is 5.94. The third-order valence-corrected chi connectivity index (χ3v) is 5.02. The van der Waals surface area contributed by atoms with Crippen molar-refractivity contribution in [1.29, 1.82) is 0 Å². The van der Waals surface area contributed by atoms with Crippen molar-refractivity contribution < 1.29 is 0 Å². The van der Waals surface area contributed by atoms with Crippen molar-refractivity contribution in [1.82, 2.24) is 14.7 Å². The summed E-state index contributed by atoms with van der Waals surface area (Å²) in [6.45, 7) is 7.08. The van der Waals surface area contributed by atoms with Crippen LogP contribution in [0.5, 0.6) is 0 Å². The Balaban J connectivity index is 2.20. The van der Waals surface area contributed by atoms with E-state index in [1.165, 1.54) is 25.7 Å². The quantitative estimate of drug-likeness (QED) is 0.762. The zero-order valence-corrected chi connectivity index (χ0v) is 14.1. The van der Waals surface area contributed by atoms with Gasteiger partial charge in [-0.2, -0.15) is 5.10 Å². The van der Waals surface area contributed by atoms with Crippen LogP contribution in [0.1, 0.15) is 50.9 Å². The number of alkyl halides is 1. The van der Waals surface area contributed by atoms with E-state index < -0.39 is 0 Å². The van der Waals surface area contributed by atoms with Gasteiger partial charge in [0, 0.05) is 25.0 Å². The zero-order valence-electron chi connectivity index (χ0n) is 12.5. The van der Waals surface area contributed by atoms with Gasteiger partial charge in [-0.05, 0) is 32.7 Å².